The first-order valence-corrected chi connectivity index (χ1v) is 5.40. The molecule has 2 aliphatic rings. The summed E-state index contributed by atoms with van der Waals surface area (Å²) in [5.41, 5.74) is 9.53. The Morgan fingerprint density at radius 3 is 2.93 bits per heavy atom. The topological polar surface area (TPSA) is 55.9 Å². The van der Waals surface area contributed by atoms with Crippen LogP contribution in [0, 0.1) is 0 Å². The van der Waals surface area contributed by atoms with Crippen LogP contribution in [0.3, 0.4) is 0 Å². The van der Waals surface area contributed by atoms with E-state index in [0.717, 1.165) is 18.8 Å². The molecule has 4 heteroatoms. The molecular weight excluding hydrogens is 176 g/mol. The van der Waals surface area contributed by atoms with Crippen molar-refractivity contribution < 1.29 is 0 Å². The van der Waals surface area contributed by atoms with E-state index in [4.69, 9.17) is 5.73 Å². The Bertz CT molecular complexity index is 351. The molecule has 76 valence electrons. The quantitative estimate of drug-likeness (QED) is 0.724. The van der Waals surface area contributed by atoms with Crippen LogP contribution in [0.5, 0.6) is 0 Å². The molecule has 0 radical (unpaired) electrons. The highest BCUT2D eigenvalue weighted by molar-refractivity contribution is 5.30. The van der Waals surface area contributed by atoms with Gasteiger partial charge in [0, 0.05) is 25.2 Å². The highest BCUT2D eigenvalue weighted by Gasteiger charge is 2.28. The third-order valence-corrected chi connectivity index (χ3v) is 3.41. The Balaban J connectivity index is 2.02. The van der Waals surface area contributed by atoms with Crippen LogP contribution in [0.4, 0.5) is 0 Å². The van der Waals surface area contributed by atoms with Gasteiger partial charge >= 0.3 is 0 Å². The second-order valence-corrected chi connectivity index (χ2v) is 4.21. The fraction of sp³-hybridized carbons (Fsp3) is 0.700. The standard InChI is InChI=1S/C10H16N4/c11-4-9-8-5-12-6-10(8)14(13-9)7-2-1-3-7/h7,12H,1-6,11H2. The molecular formula is C10H16N4. The number of hydrogen-bond acceptors (Lipinski definition) is 3. The molecule has 14 heavy (non-hydrogen) atoms. The molecule has 1 saturated carbocycles. The summed E-state index contributed by atoms with van der Waals surface area (Å²) in [5, 5.41) is 7.99. The summed E-state index contributed by atoms with van der Waals surface area (Å²) in [6, 6.07) is 0.656. The van der Waals surface area contributed by atoms with Gasteiger partial charge in [-0.25, -0.2) is 0 Å². The second-order valence-electron chi connectivity index (χ2n) is 4.21. The van der Waals surface area contributed by atoms with Crippen molar-refractivity contribution in [3.05, 3.63) is 17.0 Å². The Labute approximate surface area is 83.5 Å². The van der Waals surface area contributed by atoms with Crippen LogP contribution in [0.25, 0.3) is 0 Å². The maximum atomic E-state index is 5.69. The Kier molecular flexibility index (Phi) is 1.85. The molecule has 1 fully saturated rings. The number of nitrogens with two attached hydrogens (primary N) is 1. The normalized spacial score (nSPS) is 20.9. The molecule has 1 aliphatic heterocycles. The zero-order chi connectivity index (χ0) is 9.54. The first-order valence-electron chi connectivity index (χ1n) is 5.40. The van der Waals surface area contributed by atoms with Crippen LogP contribution in [0.1, 0.15) is 42.3 Å². The Hall–Kier alpha value is -0.870. The number of fused-ring (bicyclic) bond motifs is 1. The minimum Gasteiger partial charge on any atom is -0.325 e. The predicted octanol–water partition coefficient (Wildman–Crippen LogP) is 0.670. The fourth-order valence-electron chi connectivity index (χ4n) is 2.35. The van der Waals surface area contributed by atoms with E-state index in [1.807, 2.05) is 0 Å². The summed E-state index contributed by atoms with van der Waals surface area (Å²) in [7, 11) is 0. The Morgan fingerprint density at radius 2 is 2.29 bits per heavy atom. The molecule has 0 saturated heterocycles. The van der Waals surface area contributed by atoms with Crippen molar-refractivity contribution in [2.75, 3.05) is 0 Å². The molecule has 0 bridgehead atoms. The fourth-order valence-corrected chi connectivity index (χ4v) is 2.35. The molecule has 0 aromatic carbocycles. The lowest BCUT2D eigenvalue weighted by atomic mass is 9.93. The van der Waals surface area contributed by atoms with Crippen molar-refractivity contribution in [2.45, 2.75) is 44.9 Å². The number of nitrogens with one attached hydrogen (secondary N) is 1. The highest BCUT2D eigenvalue weighted by Crippen LogP contribution is 2.34. The molecule has 2 heterocycles. The monoisotopic (exact) mass is 192 g/mol. The van der Waals surface area contributed by atoms with Crippen molar-refractivity contribution in [1.29, 1.82) is 0 Å². The summed E-state index contributed by atoms with van der Waals surface area (Å²) in [6.07, 6.45) is 3.93. The van der Waals surface area contributed by atoms with Crippen molar-refractivity contribution in [3.63, 3.8) is 0 Å². The SMILES string of the molecule is NCc1nn(C2CCC2)c2c1CNC2. The molecule has 0 amide bonds. The summed E-state index contributed by atoms with van der Waals surface area (Å²) in [6.45, 7) is 2.50. The van der Waals surface area contributed by atoms with Gasteiger partial charge in [-0.2, -0.15) is 5.10 Å². The molecule has 3 N–H and O–H groups in total. The van der Waals surface area contributed by atoms with Gasteiger partial charge in [0.15, 0.2) is 0 Å². The van der Waals surface area contributed by atoms with Crippen LogP contribution in [-0.4, -0.2) is 9.78 Å². The van der Waals surface area contributed by atoms with Crippen molar-refractivity contribution in [1.82, 2.24) is 15.1 Å². The minimum atomic E-state index is 0.573. The van der Waals surface area contributed by atoms with E-state index in [2.05, 4.69) is 15.1 Å². The van der Waals surface area contributed by atoms with E-state index < -0.39 is 0 Å². The largest absolute Gasteiger partial charge is 0.325 e. The summed E-state index contributed by atoms with van der Waals surface area (Å²) in [4.78, 5) is 0. The van der Waals surface area contributed by atoms with Crippen LogP contribution in [0.2, 0.25) is 0 Å². The highest BCUT2D eigenvalue weighted by atomic mass is 15.3. The number of aromatic nitrogens is 2. The summed E-state index contributed by atoms with van der Waals surface area (Å²) < 4.78 is 2.22. The molecule has 3 rings (SSSR count). The minimum absolute atomic E-state index is 0.573. The third-order valence-electron chi connectivity index (χ3n) is 3.41. The lowest BCUT2D eigenvalue weighted by molar-refractivity contribution is 0.281. The first kappa shape index (κ1) is 8.44. The van der Waals surface area contributed by atoms with Gasteiger partial charge in [0.05, 0.1) is 17.4 Å². The third kappa shape index (κ3) is 1.04. The maximum Gasteiger partial charge on any atom is 0.0808 e. The molecule has 0 spiro atoms. The smallest absolute Gasteiger partial charge is 0.0808 e. The van der Waals surface area contributed by atoms with Crippen LogP contribution in [-0.2, 0) is 19.6 Å². The second kappa shape index (κ2) is 3.07. The van der Waals surface area contributed by atoms with Gasteiger partial charge in [0.1, 0.15) is 0 Å². The summed E-state index contributed by atoms with van der Waals surface area (Å²) >= 11 is 0. The van der Waals surface area contributed by atoms with E-state index in [0.29, 0.717) is 12.6 Å². The van der Waals surface area contributed by atoms with Gasteiger partial charge in [0.2, 0.25) is 0 Å². The molecule has 1 aromatic rings. The predicted molar refractivity (Wildman–Crippen MR) is 53.6 cm³/mol. The van der Waals surface area contributed by atoms with E-state index in [-0.39, 0.29) is 0 Å². The van der Waals surface area contributed by atoms with E-state index >= 15 is 0 Å². The zero-order valence-electron chi connectivity index (χ0n) is 8.29. The van der Waals surface area contributed by atoms with Crippen LogP contribution < -0.4 is 11.1 Å². The number of hydrogen-bond donors (Lipinski definition) is 2. The van der Waals surface area contributed by atoms with E-state index in [9.17, 15) is 0 Å². The summed E-state index contributed by atoms with van der Waals surface area (Å²) in [5.74, 6) is 0. The van der Waals surface area contributed by atoms with E-state index in [1.54, 1.807) is 0 Å². The average Bonchev–Trinajstić information content (AvgIpc) is 2.64. The van der Waals surface area contributed by atoms with Gasteiger partial charge < -0.3 is 11.1 Å². The van der Waals surface area contributed by atoms with Crippen molar-refractivity contribution in [2.24, 2.45) is 5.73 Å². The van der Waals surface area contributed by atoms with Crippen LogP contribution in [0.15, 0.2) is 0 Å². The van der Waals surface area contributed by atoms with Gasteiger partial charge in [-0.3, -0.25) is 4.68 Å². The Morgan fingerprint density at radius 1 is 1.43 bits per heavy atom. The first-order chi connectivity index (χ1) is 6.90. The van der Waals surface area contributed by atoms with Crippen LogP contribution >= 0.6 is 0 Å². The molecule has 1 aromatic heterocycles. The molecule has 0 unspecified atom stereocenters. The molecule has 0 atom stereocenters. The number of rotatable bonds is 2. The van der Waals surface area contributed by atoms with Crippen molar-refractivity contribution >= 4 is 0 Å². The van der Waals surface area contributed by atoms with Crippen molar-refractivity contribution in [3.8, 4) is 0 Å². The lowest BCUT2D eigenvalue weighted by Gasteiger charge is -2.27. The van der Waals surface area contributed by atoms with Gasteiger partial charge in [0.25, 0.3) is 0 Å². The average molecular weight is 192 g/mol. The maximum absolute atomic E-state index is 5.69. The molecule has 1 aliphatic carbocycles. The number of nitrogens with zero attached hydrogens (tertiary/aromatic N) is 2. The molecule has 4 nitrogen and oxygen atoms in total. The van der Waals surface area contributed by atoms with E-state index in [1.165, 1.54) is 30.5 Å². The zero-order valence-corrected chi connectivity index (χ0v) is 8.29. The van der Waals surface area contributed by atoms with Gasteiger partial charge in [-0.1, -0.05) is 0 Å². The lowest BCUT2D eigenvalue weighted by Crippen LogP contribution is -2.21. The van der Waals surface area contributed by atoms with Gasteiger partial charge in [-0.15, -0.1) is 0 Å². The van der Waals surface area contributed by atoms with Gasteiger partial charge in [-0.05, 0) is 19.3 Å².